The maximum atomic E-state index is 13.0. The van der Waals surface area contributed by atoms with Gasteiger partial charge in [-0.15, -0.1) is 0 Å². The Labute approximate surface area is 534 Å². The number of unbranched alkanes of at least 4 members (excludes halogenated alkanes) is 40. The summed E-state index contributed by atoms with van der Waals surface area (Å²) in [6.07, 6.45) is 97.0. The standard InChI is InChI=1S/C77H141N2O6P/c1-6-8-10-12-14-16-18-20-22-24-26-28-30-31-32-33-34-35-36-37-38-39-40-41-42-43-44-45-46-47-49-51-53-55-57-59-61-63-65-67-69-71-77(81)78-75(74-85-86(82,83)84-73-72-79(3,4)5)76(80)70-68-66-64-62-60-58-56-54-52-50-48-29-27-25-23-21-19-17-15-13-11-9-7-2/h8,10,14,16,20,22,26,28,31-32,52,54,60,62,68,70,75-76,80H,6-7,9,11-13,15,17-19,21,23-25,27,29-30,33-51,53,55-59,61,63-67,69,71-74H2,1-5H3,(H-,78,81,82,83)/b10-8-,16-14-,22-20-,28-26-,32-31-,54-52+,62-60+,70-68+. The lowest BCUT2D eigenvalue weighted by Crippen LogP contribution is -2.45. The summed E-state index contributed by atoms with van der Waals surface area (Å²) >= 11 is 0. The molecule has 0 aliphatic carbocycles. The first-order valence-electron chi connectivity index (χ1n) is 36.6. The highest BCUT2D eigenvalue weighted by molar-refractivity contribution is 7.45. The molecule has 1 amide bonds. The summed E-state index contributed by atoms with van der Waals surface area (Å²) in [7, 11) is 1.24. The number of carbonyl (C=O) groups excluding carboxylic acids is 1. The molecule has 0 saturated heterocycles. The van der Waals surface area contributed by atoms with Gasteiger partial charge in [0.15, 0.2) is 0 Å². The summed E-state index contributed by atoms with van der Waals surface area (Å²) in [4.78, 5) is 25.6. The van der Waals surface area contributed by atoms with Gasteiger partial charge in [-0.1, -0.05) is 336 Å². The van der Waals surface area contributed by atoms with Gasteiger partial charge >= 0.3 is 0 Å². The molecule has 0 heterocycles. The van der Waals surface area contributed by atoms with E-state index in [0.29, 0.717) is 17.4 Å². The van der Waals surface area contributed by atoms with Crippen LogP contribution in [0.1, 0.15) is 335 Å². The molecule has 0 aromatic heterocycles. The average molecular weight is 1220 g/mol. The second-order valence-corrected chi connectivity index (χ2v) is 27.3. The molecule has 8 nitrogen and oxygen atoms in total. The molecule has 0 aromatic carbocycles. The molecule has 0 fully saturated rings. The molecule has 0 aliphatic rings. The van der Waals surface area contributed by atoms with Crippen molar-refractivity contribution in [2.24, 2.45) is 0 Å². The number of nitrogens with one attached hydrogen (secondary N) is 1. The Bertz CT molecular complexity index is 1730. The van der Waals surface area contributed by atoms with Gasteiger partial charge in [0.2, 0.25) is 5.91 Å². The van der Waals surface area contributed by atoms with Crippen LogP contribution in [0.5, 0.6) is 0 Å². The van der Waals surface area contributed by atoms with Crippen LogP contribution in [0.3, 0.4) is 0 Å². The average Bonchev–Trinajstić information content (AvgIpc) is 3.70. The first-order valence-corrected chi connectivity index (χ1v) is 38.1. The number of aliphatic hydroxyl groups is 1. The quantitative estimate of drug-likeness (QED) is 0.0272. The highest BCUT2D eigenvalue weighted by atomic mass is 31.2. The molecule has 9 heteroatoms. The normalized spacial score (nSPS) is 14.2. The summed E-state index contributed by atoms with van der Waals surface area (Å²) in [5.41, 5.74) is 0. The predicted molar refractivity (Wildman–Crippen MR) is 376 cm³/mol. The van der Waals surface area contributed by atoms with Crippen molar-refractivity contribution < 1.29 is 32.9 Å². The van der Waals surface area contributed by atoms with Crippen LogP contribution in [0.4, 0.5) is 0 Å². The highest BCUT2D eigenvalue weighted by Gasteiger charge is 2.23. The fourth-order valence-electron chi connectivity index (χ4n) is 10.6. The highest BCUT2D eigenvalue weighted by Crippen LogP contribution is 2.38. The van der Waals surface area contributed by atoms with Gasteiger partial charge in [-0.3, -0.25) is 9.36 Å². The van der Waals surface area contributed by atoms with Crippen LogP contribution in [0.25, 0.3) is 0 Å². The third kappa shape index (κ3) is 68.9. The topological polar surface area (TPSA) is 108 Å². The van der Waals surface area contributed by atoms with Gasteiger partial charge in [0.05, 0.1) is 39.9 Å². The fourth-order valence-corrected chi connectivity index (χ4v) is 11.4. The van der Waals surface area contributed by atoms with Crippen LogP contribution < -0.4 is 10.2 Å². The summed E-state index contributed by atoms with van der Waals surface area (Å²) in [6, 6.07) is -0.913. The second kappa shape index (κ2) is 66.8. The van der Waals surface area contributed by atoms with Gasteiger partial charge < -0.3 is 28.8 Å². The molecular weight excluding hydrogens is 1080 g/mol. The van der Waals surface area contributed by atoms with Crippen LogP contribution in [0.15, 0.2) is 97.2 Å². The van der Waals surface area contributed by atoms with E-state index in [1.54, 1.807) is 6.08 Å². The molecule has 0 rings (SSSR count). The zero-order valence-corrected chi connectivity index (χ0v) is 58.1. The number of phosphoric acid groups is 1. The van der Waals surface area contributed by atoms with Crippen molar-refractivity contribution in [1.29, 1.82) is 0 Å². The van der Waals surface area contributed by atoms with E-state index in [0.717, 1.165) is 77.0 Å². The van der Waals surface area contributed by atoms with Crippen molar-refractivity contribution in [2.75, 3.05) is 40.9 Å². The van der Waals surface area contributed by atoms with Gasteiger partial charge in [0, 0.05) is 6.42 Å². The molecule has 0 bridgehead atoms. The minimum atomic E-state index is -4.62. The van der Waals surface area contributed by atoms with Crippen LogP contribution in [-0.2, 0) is 18.4 Å². The minimum Gasteiger partial charge on any atom is -0.756 e. The molecule has 500 valence electrons. The van der Waals surface area contributed by atoms with Gasteiger partial charge in [0.1, 0.15) is 13.2 Å². The SMILES string of the molecule is CC/C=C\C/C=C\C/C=C\C/C=C\C/C=C\CCCCCCCCCCCCCCCCCCCCCCCCCCCC(=O)NC(COP(=O)([O-])OCC[N+](C)(C)C)C(O)/C=C/CC/C=C/CC/C=C/CCCCCCCCCCCCCCC. The van der Waals surface area contributed by atoms with E-state index in [-0.39, 0.29) is 12.5 Å². The molecular formula is C77H141N2O6P. The fraction of sp³-hybridized carbons (Fsp3) is 0.779. The van der Waals surface area contributed by atoms with Crippen molar-refractivity contribution in [3.63, 3.8) is 0 Å². The van der Waals surface area contributed by atoms with E-state index in [2.05, 4.69) is 104 Å². The van der Waals surface area contributed by atoms with Crippen molar-refractivity contribution >= 4 is 13.7 Å². The number of hydrogen-bond donors (Lipinski definition) is 2. The summed E-state index contributed by atoms with van der Waals surface area (Å²) in [5.74, 6) is -0.207. The molecule has 0 saturated carbocycles. The molecule has 3 unspecified atom stereocenters. The van der Waals surface area contributed by atoms with E-state index < -0.39 is 26.6 Å². The number of likely N-dealkylation sites (N-methyl/N-ethyl adjacent to an activating group) is 1. The van der Waals surface area contributed by atoms with Gasteiger partial charge in [0.25, 0.3) is 7.82 Å². The number of hydrogen-bond acceptors (Lipinski definition) is 6. The molecule has 0 radical (unpaired) electrons. The van der Waals surface area contributed by atoms with E-state index in [9.17, 15) is 19.4 Å². The first kappa shape index (κ1) is 83.4. The summed E-state index contributed by atoms with van der Waals surface area (Å²) in [6.45, 7) is 4.54. The van der Waals surface area contributed by atoms with Gasteiger partial charge in [-0.25, -0.2) is 0 Å². The zero-order valence-electron chi connectivity index (χ0n) is 57.3. The third-order valence-corrected chi connectivity index (χ3v) is 17.2. The van der Waals surface area contributed by atoms with Crippen LogP contribution in [0.2, 0.25) is 0 Å². The Morgan fingerprint density at radius 1 is 0.419 bits per heavy atom. The van der Waals surface area contributed by atoms with Crippen molar-refractivity contribution in [3.8, 4) is 0 Å². The number of amides is 1. The van der Waals surface area contributed by atoms with Gasteiger partial charge in [-0.05, 0) is 89.9 Å². The van der Waals surface area contributed by atoms with Crippen molar-refractivity contribution in [2.45, 2.75) is 347 Å². The van der Waals surface area contributed by atoms with Crippen LogP contribution in [-0.4, -0.2) is 68.5 Å². The Morgan fingerprint density at radius 2 is 0.721 bits per heavy atom. The first-order chi connectivity index (χ1) is 42.0. The number of rotatable bonds is 67. The molecule has 0 aromatic rings. The maximum Gasteiger partial charge on any atom is 0.268 e. The zero-order chi connectivity index (χ0) is 62.6. The number of phosphoric ester groups is 1. The van der Waals surface area contributed by atoms with E-state index in [4.69, 9.17) is 9.05 Å². The lowest BCUT2D eigenvalue weighted by atomic mass is 10.0. The predicted octanol–water partition coefficient (Wildman–Crippen LogP) is 23.0. The lowest BCUT2D eigenvalue weighted by molar-refractivity contribution is -0.870. The number of nitrogens with zero attached hydrogens (tertiary/aromatic N) is 1. The lowest BCUT2D eigenvalue weighted by Gasteiger charge is -2.29. The molecule has 2 N–H and O–H groups in total. The molecule has 3 atom stereocenters. The second-order valence-electron chi connectivity index (χ2n) is 25.9. The van der Waals surface area contributed by atoms with Gasteiger partial charge in [-0.2, -0.15) is 0 Å². The van der Waals surface area contributed by atoms with Crippen LogP contribution in [0, 0.1) is 0 Å². The summed E-state index contributed by atoms with van der Waals surface area (Å²) in [5, 5.41) is 13.9. The number of allylic oxidation sites excluding steroid dienone is 15. The third-order valence-electron chi connectivity index (χ3n) is 16.3. The number of quaternary nitrogens is 1. The smallest absolute Gasteiger partial charge is 0.268 e. The Morgan fingerprint density at radius 3 is 1.08 bits per heavy atom. The number of aliphatic hydroxyl groups excluding tert-OH is 1. The molecule has 86 heavy (non-hydrogen) atoms. The Hall–Kier alpha value is -2.58. The van der Waals surface area contributed by atoms with E-state index in [1.165, 1.54) is 238 Å². The maximum absolute atomic E-state index is 13.0. The molecule has 0 aliphatic heterocycles. The van der Waals surface area contributed by atoms with E-state index in [1.807, 2.05) is 27.2 Å². The largest absolute Gasteiger partial charge is 0.756 e. The van der Waals surface area contributed by atoms with E-state index >= 15 is 0 Å². The minimum absolute atomic E-state index is 0.00992. The van der Waals surface area contributed by atoms with Crippen LogP contribution >= 0.6 is 7.82 Å². The van der Waals surface area contributed by atoms with Crippen molar-refractivity contribution in [1.82, 2.24) is 5.32 Å². The Kier molecular flexibility index (Phi) is 64.8. The molecule has 0 spiro atoms. The summed E-state index contributed by atoms with van der Waals surface area (Å²) < 4.78 is 23.4. The van der Waals surface area contributed by atoms with Crippen molar-refractivity contribution in [3.05, 3.63) is 97.2 Å². The Balaban J connectivity index is 3.99. The number of carbonyl (C=O) groups is 1. The monoisotopic (exact) mass is 1220 g/mol.